The van der Waals surface area contributed by atoms with E-state index in [1.165, 1.54) is 0 Å². The van der Waals surface area contributed by atoms with E-state index in [0.717, 1.165) is 25.7 Å². The van der Waals surface area contributed by atoms with Crippen LogP contribution in [0.25, 0.3) is 0 Å². The maximum Gasteiger partial charge on any atom is 0.553 e. The topological polar surface area (TPSA) is 91.3 Å². The molecular weight excluding hydrogens is 256 g/mol. The van der Waals surface area contributed by atoms with Crippen molar-refractivity contribution in [3.8, 4) is 0 Å². The van der Waals surface area contributed by atoms with Crippen LogP contribution < -0.4 is 0 Å². The van der Waals surface area contributed by atoms with Gasteiger partial charge in [0, 0.05) is 0 Å². The summed E-state index contributed by atoms with van der Waals surface area (Å²) >= 11 is 0. The zero-order chi connectivity index (χ0) is 14.5. The maximum atomic E-state index is 10.6. The van der Waals surface area contributed by atoms with E-state index in [2.05, 4.69) is 35.4 Å². The minimum absolute atomic E-state index is 0.156. The number of carbonyl (C=O) groups excluding carboxylic acids is 1. The van der Waals surface area contributed by atoms with Crippen molar-refractivity contribution in [3.63, 3.8) is 0 Å². The summed E-state index contributed by atoms with van der Waals surface area (Å²) in [7, 11) is 0. The molecule has 1 N–H and O–H groups in total. The van der Waals surface area contributed by atoms with Crippen LogP contribution in [0.1, 0.15) is 46.5 Å². The second-order valence-corrected chi connectivity index (χ2v) is 5.71. The first-order chi connectivity index (χ1) is 8.79. The van der Waals surface area contributed by atoms with Crippen LogP contribution in [-0.4, -0.2) is 23.5 Å². The van der Waals surface area contributed by atoms with Gasteiger partial charge in [0.25, 0.3) is 0 Å². The molecule has 0 aromatic heterocycles. The largest absolute Gasteiger partial charge is 0.553 e. The molecule has 1 rings (SSSR count). The molecule has 0 unspecified atom stereocenters. The lowest BCUT2D eigenvalue weighted by Gasteiger charge is -2.35. The molecule has 1 aliphatic rings. The highest BCUT2D eigenvalue weighted by Gasteiger charge is 2.30. The first-order valence-electron chi connectivity index (χ1n) is 6.23. The third-order valence-electron chi connectivity index (χ3n) is 3.35. The Morgan fingerprint density at radius 2 is 1.68 bits per heavy atom. The van der Waals surface area contributed by atoms with E-state index in [4.69, 9.17) is 9.99 Å². The Labute approximate surface area is 111 Å². The highest BCUT2D eigenvalue weighted by Crippen LogP contribution is 2.38. The van der Waals surface area contributed by atoms with Crippen LogP contribution in [0.5, 0.6) is 0 Å². The van der Waals surface area contributed by atoms with Crippen molar-refractivity contribution < 1.29 is 34.2 Å². The van der Waals surface area contributed by atoms with Gasteiger partial charge in [-0.05, 0) is 42.1 Å². The summed E-state index contributed by atoms with van der Waals surface area (Å²) in [4.78, 5) is 29.5. The van der Waals surface area contributed by atoms with Crippen molar-refractivity contribution >= 4 is 12.3 Å². The molecule has 0 aromatic rings. The molecule has 7 heteroatoms. The van der Waals surface area contributed by atoms with Gasteiger partial charge in [0.05, 0.1) is 6.10 Å². The molecule has 1 aliphatic carbocycles. The second-order valence-electron chi connectivity index (χ2n) is 5.71. The molecule has 0 amide bonds. The van der Waals surface area contributed by atoms with E-state index < -0.39 is 12.3 Å². The van der Waals surface area contributed by atoms with E-state index in [0.29, 0.717) is 5.92 Å². The highest BCUT2D eigenvalue weighted by atomic mass is 17.5. The van der Waals surface area contributed by atoms with Crippen LogP contribution in [-0.2, 0) is 19.6 Å². The first-order valence-corrected chi connectivity index (χ1v) is 6.23. The molecule has 1 saturated carbocycles. The molecule has 0 aliphatic heterocycles. The Hall–Kier alpha value is -1.34. The van der Waals surface area contributed by atoms with Crippen LogP contribution in [0.3, 0.4) is 0 Å². The number of carbonyl (C=O) groups is 2. The monoisotopic (exact) mass is 276 g/mol. The molecule has 0 heterocycles. The minimum Gasteiger partial charge on any atom is -0.449 e. The summed E-state index contributed by atoms with van der Waals surface area (Å²) in [5, 5.41) is 12.3. The van der Waals surface area contributed by atoms with Gasteiger partial charge in [0.1, 0.15) is 0 Å². The summed E-state index contributed by atoms with van der Waals surface area (Å²) in [6.07, 6.45) is 0.235. The van der Waals surface area contributed by atoms with Crippen molar-refractivity contribution in [2.24, 2.45) is 11.3 Å². The van der Waals surface area contributed by atoms with E-state index in [-0.39, 0.29) is 11.5 Å². The predicted molar refractivity (Wildman–Crippen MR) is 63.0 cm³/mol. The Morgan fingerprint density at radius 1 is 1.11 bits per heavy atom. The Balaban J connectivity index is 2.16. The van der Waals surface area contributed by atoms with Crippen LogP contribution >= 0.6 is 0 Å². The minimum atomic E-state index is -1.76. The van der Waals surface area contributed by atoms with E-state index in [1.54, 1.807) is 0 Å². The van der Waals surface area contributed by atoms with E-state index in [9.17, 15) is 9.59 Å². The summed E-state index contributed by atoms with van der Waals surface area (Å²) in [6, 6.07) is 0. The summed E-state index contributed by atoms with van der Waals surface area (Å²) in [5.74, 6) is 0.630. The highest BCUT2D eigenvalue weighted by molar-refractivity contribution is 5.75. The number of carboxylic acid groups (broad SMARTS) is 1. The van der Waals surface area contributed by atoms with Gasteiger partial charge in [-0.3, -0.25) is 0 Å². The van der Waals surface area contributed by atoms with Crippen molar-refractivity contribution in [2.45, 2.75) is 52.6 Å². The normalized spacial score (nSPS) is 23.7. The lowest BCUT2D eigenvalue weighted by atomic mass is 9.72. The molecule has 0 atom stereocenters. The molecule has 0 radical (unpaired) electrons. The van der Waals surface area contributed by atoms with Crippen LogP contribution in [0.15, 0.2) is 0 Å². The lowest BCUT2D eigenvalue weighted by Crippen LogP contribution is -2.29. The number of rotatable bonds is 3. The smallest absolute Gasteiger partial charge is 0.449 e. The van der Waals surface area contributed by atoms with Crippen molar-refractivity contribution in [1.29, 1.82) is 0 Å². The third-order valence-corrected chi connectivity index (χ3v) is 3.35. The van der Waals surface area contributed by atoms with E-state index >= 15 is 0 Å². The molecule has 1 fully saturated rings. The van der Waals surface area contributed by atoms with Gasteiger partial charge in [-0.25, -0.2) is 9.68 Å². The molecule has 0 spiro atoms. The number of hydrogen-bond donors (Lipinski definition) is 1. The van der Waals surface area contributed by atoms with Crippen molar-refractivity contribution in [1.82, 2.24) is 0 Å². The number of ether oxygens (including phenoxy) is 1. The average Bonchev–Trinajstić information content (AvgIpc) is 2.27. The van der Waals surface area contributed by atoms with Gasteiger partial charge in [-0.1, -0.05) is 20.8 Å². The fraction of sp³-hybridized carbons (Fsp3) is 0.833. The van der Waals surface area contributed by atoms with Crippen LogP contribution in [0, 0.1) is 11.3 Å². The Morgan fingerprint density at radius 3 is 2.16 bits per heavy atom. The Bertz CT molecular complexity index is 313. The zero-order valence-corrected chi connectivity index (χ0v) is 11.4. The standard InChI is InChI=1S/C12H20O7/c1-12(2,3)8-4-6-9(7-5-8)17-19-18-11(15)16-10(13)14/h8-9H,4-7H2,1-3H3,(H,13,14). The molecule has 0 bridgehead atoms. The second kappa shape index (κ2) is 6.72. The molecule has 0 saturated heterocycles. The summed E-state index contributed by atoms with van der Waals surface area (Å²) < 4.78 is 3.65. The molecule has 110 valence electrons. The zero-order valence-electron chi connectivity index (χ0n) is 11.4. The number of hydrogen-bond acceptors (Lipinski definition) is 6. The van der Waals surface area contributed by atoms with Crippen LogP contribution in [0.2, 0.25) is 0 Å². The Kier molecular flexibility index (Phi) is 5.56. The first kappa shape index (κ1) is 15.7. The van der Waals surface area contributed by atoms with Gasteiger partial charge in [-0.2, -0.15) is 9.68 Å². The van der Waals surface area contributed by atoms with Gasteiger partial charge >= 0.3 is 12.3 Å². The van der Waals surface area contributed by atoms with Gasteiger partial charge in [0.2, 0.25) is 0 Å². The van der Waals surface area contributed by atoms with Gasteiger partial charge < -0.3 is 9.84 Å². The summed E-state index contributed by atoms with van der Waals surface area (Å²) in [5.41, 5.74) is 0.271. The fourth-order valence-corrected chi connectivity index (χ4v) is 2.22. The molecule has 7 nitrogen and oxygen atoms in total. The molecule has 19 heavy (non-hydrogen) atoms. The van der Waals surface area contributed by atoms with Gasteiger partial charge in [-0.15, -0.1) is 0 Å². The summed E-state index contributed by atoms with van der Waals surface area (Å²) in [6.45, 7) is 6.63. The van der Waals surface area contributed by atoms with E-state index in [1.807, 2.05) is 0 Å². The fourth-order valence-electron chi connectivity index (χ4n) is 2.22. The predicted octanol–water partition coefficient (Wildman–Crippen LogP) is 3.29. The van der Waals surface area contributed by atoms with Crippen molar-refractivity contribution in [2.75, 3.05) is 0 Å². The molecular formula is C12H20O7. The quantitative estimate of drug-likeness (QED) is 0.366. The van der Waals surface area contributed by atoms with Crippen LogP contribution in [0.4, 0.5) is 9.59 Å². The average molecular weight is 276 g/mol. The maximum absolute atomic E-state index is 10.6. The lowest BCUT2D eigenvalue weighted by molar-refractivity contribution is -0.502. The molecule has 0 aromatic carbocycles. The van der Waals surface area contributed by atoms with Crippen molar-refractivity contribution in [3.05, 3.63) is 0 Å². The van der Waals surface area contributed by atoms with Gasteiger partial charge in [0.15, 0.2) is 0 Å². The SMILES string of the molecule is CC(C)(C)C1CCC(OOOC(=O)OC(=O)O)CC1. The third kappa shape index (κ3) is 5.89.